The SMILES string of the molecule is CC1Cc2ccccc2N1S(=O)(=O)c1cccc(C(=O)OCC(=O)Nc2ccc(I)cc2)c1. The standard InChI is InChI=1S/C24H21IN2O5S/c1-16-13-17-5-2-3-8-22(17)27(16)33(30,31)21-7-4-6-18(14-21)24(29)32-15-23(28)26-20-11-9-19(25)10-12-20/h2-12,14,16H,13,15H2,1H3,(H,26,28). The molecule has 1 aliphatic heterocycles. The third kappa shape index (κ3) is 5.03. The highest BCUT2D eigenvalue weighted by atomic mass is 127. The minimum Gasteiger partial charge on any atom is -0.452 e. The number of halogens is 1. The molecule has 0 saturated heterocycles. The van der Waals surface area contributed by atoms with Crippen LogP contribution in [-0.2, 0) is 26.0 Å². The molecule has 170 valence electrons. The summed E-state index contributed by atoms with van der Waals surface area (Å²) >= 11 is 2.16. The molecule has 1 N–H and O–H groups in total. The van der Waals surface area contributed by atoms with Gasteiger partial charge in [-0.3, -0.25) is 9.10 Å². The summed E-state index contributed by atoms with van der Waals surface area (Å²) in [6, 6.07) is 20.0. The Kier molecular flexibility index (Phi) is 6.71. The smallest absolute Gasteiger partial charge is 0.338 e. The molecule has 3 aromatic rings. The van der Waals surface area contributed by atoms with Gasteiger partial charge in [-0.15, -0.1) is 0 Å². The van der Waals surface area contributed by atoms with Gasteiger partial charge in [0.1, 0.15) is 0 Å². The van der Waals surface area contributed by atoms with E-state index < -0.39 is 28.5 Å². The molecule has 1 amide bonds. The molecule has 0 fully saturated rings. The highest BCUT2D eigenvalue weighted by molar-refractivity contribution is 14.1. The highest BCUT2D eigenvalue weighted by Crippen LogP contribution is 2.36. The van der Waals surface area contributed by atoms with Gasteiger partial charge >= 0.3 is 5.97 Å². The van der Waals surface area contributed by atoms with Crippen molar-refractivity contribution in [2.75, 3.05) is 16.2 Å². The van der Waals surface area contributed by atoms with Crippen LogP contribution in [0.1, 0.15) is 22.8 Å². The second kappa shape index (κ2) is 9.52. The number of fused-ring (bicyclic) bond motifs is 1. The van der Waals surface area contributed by atoms with E-state index in [0.29, 0.717) is 17.8 Å². The first-order valence-electron chi connectivity index (χ1n) is 10.2. The van der Waals surface area contributed by atoms with E-state index >= 15 is 0 Å². The summed E-state index contributed by atoms with van der Waals surface area (Å²) in [5.74, 6) is -1.27. The lowest BCUT2D eigenvalue weighted by Crippen LogP contribution is -2.35. The summed E-state index contributed by atoms with van der Waals surface area (Å²) < 4.78 is 34.3. The first-order chi connectivity index (χ1) is 15.8. The van der Waals surface area contributed by atoms with Crippen LogP contribution in [0.3, 0.4) is 0 Å². The molecule has 1 unspecified atom stereocenters. The number of rotatable bonds is 6. The normalized spacial score (nSPS) is 15.1. The molecular formula is C24H21IN2O5S. The Hall–Kier alpha value is -2.92. The maximum atomic E-state index is 13.4. The average molecular weight is 576 g/mol. The fourth-order valence-electron chi connectivity index (χ4n) is 3.75. The van der Waals surface area contributed by atoms with Gasteiger partial charge in [-0.2, -0.15) is 0 Å². The van der Waals surface area contributed by atoms with Gasteiger partial charge in [0.15, 0.2) is 6.61 Å². The number of hydrogen-bond acceptors (Lipinski definition) is 5. The number of nitrogens with one attached hydrogen (secondary N) is 1. The highest BCUT2D eigenvalue weighted by Gasteiger charge is 2.36. The number of amides is 1. The minimum atomic E-state index is -3.89. The third-order valence-corrected chi connectivity index (χ3v) is 7.88. The Labute approximate surface area is 205 Å². The molecule has 0 spiro atoms. The number of hydrogen-bond donors (Lipinski definition) is 1. The fraction of sp³-hybridized carbons (Fsp3) is 0.167. The van der Waals surface area contributed by atoms with Crippen LogP contribution in [-0.4, -0.2) is 32.9 Å². The number of para-hydroxylation sites is 1. The van der Waals surface area contributed by atoms with Crippen molar-refractivity contribution in [3.05, 3.63) is 87.5 Å². The summed E-state index contributed by atoms with van der Waals surface area (Å²) in [7, 11) is -3.89. The molecular weight excluding hydrogens is 555 g/mol. The molecule has 0 aromatic heterocycles. The van der Waals surface area contributed by atoms with Crippen LogP contribution >= 0.6 is 22.6 Å². The quantitative estimate of drug-likeness (QED) is 0.351. The molecule has 1 aliphatic rings. The zero-order valence-electron chi connectivity index (χ0n) is 17.7. The van der Waals surface area contributed by atoms with E-state index in [-0.39, 0.29) is 16.5 Å². The first kappa shape index (κ1) is 23.2. The number of sulfonamides is 1. The van der Waals surface area contributed by atoms with Gasteiger partial charge in [0, 0.05) is 15.3 Å². The van der Waals surface area contributed by atoms with Crippen LogP contribution in [0.4, 0.5) is 11.4 Å². The molecule has 4 rings (SSSR count). The van der Waals surface area contributed by atoms with E-state index in [0.717, 1.165) is 9.13 Å². The van der Waals surface area contributed by atoms with Crippen molar-refractivity contribution in [2.24, 2.45) is 0 Å². The van der Waals surface area contributed by atoms with Crippen molar-refractivity contribution in [1.82, 2.24) is 0 Å². The van der Waals surface area contributed by atoms with Gasteiger partial charge in [0.25, 0.3) is 15.9 Å². The molecule has 9 heteroatoms. The summed E-state index contributed by atoms with van der Waals surface area (Å²) in [5, 5.41) is 2.64. The van der Waals surface area contributed by atoms with E-state index in [1.165, 1.54) is 28.6 Å². The lowest BCUT2D eigenvalue weighted by atomic mass is 10.1. The van der Waals surface area contributed by atoms with Crippen molar-refractivity contribution < 1.29 is 22.7 Å². The van der Waals surface area contributed by atoms with Gasteiger partial charge in [0.2, 0.25) is 0 Å². The number of benzene rings is 3. The lowest BCUT2D eigenvalue weighted by Gasteiger charge is -2.24. The number of anilines is 2. The molecule has 0 saturated carbocycles. The lowest BCUT2D eigenvalue weighted by molar-refractivity contribution is -0.119. The molecule has 1 atom stereocenters. The fourth-order valence-corrected chi connectivity index (χ4v) is 5.84. The predicted octanol–water partition coefficient (Wildman–Crippen LogP) is 4.23. The zero-order valence-corrected chi connectivity index (χ0v) is 20.7. The predicted molar refractivity (Wildman–Crippen MR) is 134 cm³/mol. The van der Waals surface area contributed by atoms with Crippen LogP contribution in [0.15, 0.2) is 77.7 Å². The van der Waals surface area contributed by atoms with Crippen molar-refractivity contribution in [3.63, 3.8) is 0 Å². The van der Waals surface area contributed by atoms with Gasteiger partial charge in [-0.05, 0) is 90.0 Å². The molecule has 0 radical (unpaired) electrons. The third-order valence-electron chi connectivity index (χ3n) is 5.23. The van der Waals surface area contributed by atoms with Gasteiger partial charge < -0.3 is 10.1 Å². The van der Waals surface area contributed by atoms with Gasteiger partial charge in [-0.1, -0.05) is 24.3 Å². The van der Waals surface area contributed by atoms with E-state index in [1.807, 2.05) is 31.2 Å². The zero-order chi connectivity index (χ0) is 23.6. The van der Waals surface area contributed by atoms with Crippen molar-refractivity contribution in [3.8, 4) is 0 Å². The van der Waals surface area contributed by atoms with Crippen molar-refractivity contribution in [2.45, 2.75) is 24.3 Å². The maximum absolute atomic E-state index is 13.4. The molecule has 3 aromatic carbocycles. The van der Waals surface area contributed by atoms with Crippen LogP contribution < -0.4 is 9.62 Å². The van der Waals surface area contributed by atoms with Gasteiger partial charge in [0.05, 0.1) is 16.1 Å². The monoisotopic (exact) mass is 576 g/mol. The van der Waals surface area contributed by atoms with E-state index in [9.17, 15) is 18.0 Å². The second-order valence-corrected chi connectivity index (χ2v) is 10.7. The van der Waals surface area contributed by atoms with Crippen LogP contribution in [0.2, 0.25) is 0 Å². The topological polar surface area (TPSA) is 92.8 Å². The number of esters is 1. The number of nitrogens with zero attached hydrogens (tertiary/aromatic N) is 1. The van der Waals surface area contributed by atoms with E-state index in [2.05, 4.69) is 27.9 Å². The molecule has 0 bridgehead atoms. The Morgan fingerprint density at radius 3 is 2.55 bits per heavy atom. The van der Waals surface area contributed by atoms with Gasteiger partial charge in [-0.25, -0.2) is 13.2 Å². The summed E-state index contributed by atoms with van der Waals surface area (Å²) in [4.78, 5) is 24.6. The Balaban J connectivity index is 1.46. The van der Waals surface area contributed by atoms with E-state index in [4.69, 9.17) is 4.74 Å². The maximum Gasteiger partial charge on any atom is 0.338 e. The van der Waals surface area contributed by atoms with Crippen LogP contribution in [0, 0.1) is 3.57 Å². The summed E-state index contributed by atoms with van der Waals surface area (Å²) in [6.45, 7) is 1.36. The average Bonchev–Trinajstić information content (AvgIpc) is 3.15. The number of carbonyl (C=O) groups is 2. The minimum absolute atomic E-state index is 0.0103. The van der Waals surface area contributed by atoms with Crippen LogP contribution in [0.25, 0.3) is 0 Å². The Morgan fingerprint density at radius 2 is 1.79 bits per heavy atom. The van der Waals surface area contributed by atoms with Crippen molar-refractivity contribution >= 4 is 55.9 Å². The van der Waals surface area contributed by atoms with E-state index in [1.54, 1.807) is 24.3 Å². The number of ether oxygens (including phenoxy) is 1. The van der Waals surface area contributed by atoms with Crippen LogP contribution in [0.5, 0.6) is 0 Å². The largest absolute Gasteiger partial charge is 0.452 e. The number of carbonyl (C=O) groups excluding carboxylic acids is 2. The molecule has 7 nitrogen and oxygen atoms in total. The summed E-state index contributed by atoms with van der Waals surface area (Å²) in [6.07, 6.45) is 0.618. The molecule has 1 heterocycles. The van der Waals surface area contributed by atoms with Crippen molar-refractivity contribution in [1.29, 1.82) is 0 Å². The second-order valence-electron chi connectivity index (χ2n) is 7.64. The molecule has 33 heavy (non-hydrogen) atoms. The Morgan fingerprint density at radius 1 is 1.06 bits per heavy atom. The Bertz CT molecular complexity index is 1310. The molecule has 0 aliphatic carbocycles. The summed E-state index contributed by atoms with van der Waals surface area (Å²) in [5.41, 5.74) is 2.25. The first-order valence-corrected chi connectivity index (χ1v) is 12.7.